The Morgan fingerprint density at radius 1 is 0.969 bits per heavy atom. The molecular weight excluding hydrogens is 412 g/mol. The first-order chi connectivity index (χ1) is 15.5. The van der Waals surface area contributed by atoms with Gasteiger partial charge in [-0.3, -0.25) is 9.59 Å². The molecule has 1 aliphatic rings. The van der Waals surface area contributed by atoms with E-state index >= 15 is 0 Å². The molecule has 0 bridgehead atoms. The van der Waals surface area contributed by atoms with E-state index in [1.54, 1.807) is 19.2 Å². The number of esters is 1. The van der Waals surface area contributed by atoms with Crippen molar-refractivity contribution in [2.75, 3.05) is 44.1 Å². The summed E-state index contributed by atoms with van der Waals surface area (Å²) in [7, 11) is 2.85. The van der Waals surface area contributed by atoms with Gasteiger partial charge in [-0.25, -0.2) is 4.79 Å². The number of benzene rings is 2. The molecule has 0 aromatic heterocycles. The summed E-state index contributed by atoms with van der Waals surface area (Å²) < 4.78 is 9.68. The number of hydrogen-bond donors (Lipinski definition) is 3. The summed E-state index contributed by atoms with van der Waals surface area (Å²) >= 11 is 0. The van der Waals surface area contributed by atoms with Gasteiger partial charge in [-0.15, -0.1) is 0 Å². The maximum atomic E-state index is 12.7. The molecule has 170 valence electrons. The van der Waals surface area contributed by atoms with Crippen LogP contribution in [0.2, 0.25) is 0 Å². The lowest BCUT2D eigenvalue weighted by Gasteiger charge is -2.22. The molecular formula is C23H28N4O5. The number of rotatable bonds is 8. The number of carbonyl (C=O) groups excluding carboxylic acids is 3. The maximum Gasteiger partial charge on any atom is 0.325 e. The number of anilines is 2. The predicted octanol–water partition coefficient (Wildman–Crippen LogP) is 2.52. The molecule has 2 aromatic rings. The molecule has 9 heteroatoms. The van der Waals surface area contributed by atoms with Gasteiger partial charge in [0.2, 0.25) is 0 Å². The van der Waals surface area contributed by atoms with Gasteiger partial charge in [0.05, 0.1) is 25.6 Å². The van der Waals surface area contributed by atoms with Crippen LogP contribution in [0.1, 0.15) is 28.8 Å². The number of ether oxygens (including phenoxy) is 2. The normalized spacial score (nSPS) is 12.8. The van der Waals surface area contributed by atoms with Crippen LogP contribution in [0.3, 0.4) is 0 Å². The van der Waals surface area contributed by atoms with Crippen molar-refractivity contribution in [1.29, 1.82) is 0 Å². The molecule has 9 nitrogen and oxygen atoms in total. The zero-order chi connectivity index (χ0) is 22.9. The lowest BCUT2D eigenvalue weighted by Crippen LogP contribution is -2.34. The summed E-state index contributed by atoms with van der Waals surface area (Å²) in [6.07, 6.45) is 2.14. The minimum Gasteiger partial charge on any atom is -0.497 e. The van der Waals surface area contributed by atoms with E-state index < -0.39 is 12.0 Å². The summed E-state index contributed by atoms with van der Waals surface area (Å²) in [4.78, 5) is 38.5. The molecule has 0 spiro atoms. The average Bonchev–Trinajstić information content (AvgIpc) is 3.36. The zero-order valence-corrected chi connectivity index (χ0v) is 18.3. The summed E-state index contributed by atoms with van der Waals surface area (Å²) in [5, 5.41) is 8.09. The fraction of sp³-hybridized carbons (Fsp3) is 0.348. The highest BCUT2D eigenvalue weighted by Crippen LogP contribution is 2.30. The average molecular weight is 441 g/mol. The quantitative estimate of drug-likeness (QED) is 0.545. The van der Waals surface area contributed by atoms with E-state index in [0.29, 0.717) is 17.8 Å². The van der Waals surface area contributed by atoms with Gasteiger partial charge < -0.3 is 30.3 Å². The van der Waals surface area contributed by atoms with Crippen LogP contribution in [0.15, 0.2) is 42.5 Å². The van der Waals surface area contributed by atoms with Gasteiger partial charge in [0, 0.05) is 25.2 Å². The molecule has 3 N–H and O–H groups in total. The zero-order valence-electron chi connectivity index (χ0n) is 18.3. The molecule has 0 radical (unpaired) electrons. The Bertz CT molecular complexity index is 955. The van der Waals surface area contributed by atoms with Gasteiger partial charge >= 0.3 is 12.0 Å². The number of methoxy groups -OCH3 is 2. The molecule has 1 heterocycles. The number of carbonyl (C=O) groups is 3. The van der Waals surface area contributed by atoms with Crippen molar-refractivity contribution >= 4 is 29.3 Å². The van der Waals surface area contributed by atoms with Crippen LogP contribution in [-0.2, 0) is 16.1 Å². The largest absolute Gasteiger partial charge is 0.497 e. The van der Waals surface area contributed by atoms with E-state index in [9.17, 15) is 14.4 Å². The van der Waals surface area contributed by atoms with Gasteiger partial charge in [0.25, 0.3) is 5.91 Å². The SMILES string of the molecule is COC(=O)CNC(=O)Nc1cc(C(=O)NCc2ccc(OC)cc2)ccc1N1CCCC1. The van der Waals surface area contributed by atoms with Crippen LogP contribution in [-0.4, -0.2) is 51.8 Å². The Morgan fingerprint density at radius 3 is 2.34 bits per heavy atom. The van der Waals surface area contributed by atoms with Crippen LogP contribution in [0.5, 0.6) is 5.75 Å². The monoisotopic (exact) mass is 440 g/mol. The lowest BCUT2D eigenvalue weighted by atomic mass is 10.1. The molecule has 3 rings (SSSR count). The molecule has 3 amide bonds. The van der Waals surface area contributed by atoms with Crippen LogP contribution < -0.4 is 25.6 Å². The van der Waals surface area contributed by atoms with Gasteiger partial charge in [-0.1, -0.05) is 12.1 Å². The second-order valence-electron chi connectivity index (χ2n) is 7.34. The molecule has 0 aliphatic carbocycles. The molecule has 1 aliphatic heterocycles. The van der Waals surface area contributed by atoms with Gasteiger partial charge in [0.15, 0.2) is 0 Å². The van der Waals surface area contributed by atoms with Crippen molar-refractivity contribution in [3.63, 3.8) is 0 Å². The number of amides is 3. The fourth-order valence-electron chi connectivity index (χ4n) is 3.43. The Labute approximate surface area is 187 Å². The molecule has 0 atom stereocenters. The third-order valence-electron chi connectivity index (χ3n) is 5.19. The van der Waals surface area contributed by atoms with E-state index in [4.69, 9.17) is 4.74 Å². The van der Waals surface area contributed by atoms with Crippen molar-refractivity contribution in [2.24, 2.45) is 0 Å². The van der Waals surface area contributed by atoms with Gasteiger partial charge in [-0.2, -0.15) is 0 Å². The molecule has 2 aromatic carbocycles. The molecule has 1 saturated heterocycles. The number of urea groups is 1. The summed E-state index contributed by atoms with van der Waals surface area (Å²) in [6.45, 7) is 1.87. The third kappa shape index (κ3) is 6.13. The molecule has 1 fully saturated rings. The Morgan fingerprint density at radius 2 is 1.69 bits per heavy atom. The van der Waals surface area contributed by atoms with Crippen molar-refractivity contribution in [2.45, 2.75) is 19.4 Å². The van der Waals surface area contributed by atoms with Gasteiger partial charge in [-0.05, 0) is 48.7 Å². The second-order valence-corrected chi connectivity index (χ2v) is 7.34. The van der Waals surface area contributed by atoms with E-state index in [-0.39, 0.29) is 12.5 Å². The topological polar surface area (TPSA) is 109 Å². The molecule has 0 unspecified atom stereocenters. The first-order valence-electron chi connectivity index (χ1n) is 10.4. The number of nitrogens with zero attached hydrogens (tertiary/aromatic N) is 1. The summed E-state index contributed by atoms with van der Waals surface area (Å²) in [5.41, 5.74) is 2.70. The minimum absolute atomic E-state index is 0.247. The van der Waals surface area contributed by atoms with E-state index in [0.717, 1.165) is 42.9 Å². The smallest absolute Gasteiger partial charge is 0.325 e. The highest BCUT2D eigenvalue weighted by Gasteiger charge is 2.19. The Hall–Kier alpha value is -3.75. The fourth-order valence-corrected chi connectivity index (χ4v) is 3.43. The van der Waals surface area contributed by atoms with E-state index in [2.05, 4.69) is 25.6 Å². The number of hydrogen-bond acceptors (Lipinski definition) is 6. The Balaban J connectivity index is 1.71. The highest BCUT2D eigenvalue weighted by atomic mass is 16.5. The van der Waals surface area contributed by atoms with Crippen molar-refractivity contribution in [3.05, 3.63) is 53.6 Å². The Kier molecular flexibility index (Phi) is 7.91. The number of nitrogens with one attached hydrogen (secondary N) is 3. The second kappa shape index (κ2) is 11.0. The van der Waals surface area contributed by atoms with Crippen LogP contribution >= 0.6 is 0 Å². The van der Waals surface area contributed by atoms with Crippen molar-refractivity contribution < 1.29 is 23.9 Å². The van der Waals surface area contributed by atoms with Crippen molar-refractivity contribution in [3.8, 4) is 5.75 Å². The minimum atomic E-state index is -0.549. The molecule has 32 heavy (non-hydrogen) atoms. The lowest BCUT2D eigenvalue weighted by molar-refractivity contribution is -0.139. The van der Waals surface area contributed by atoms with Crippen LogP contribution in [0.4, 0.5) is 16.2 Å². The first kappa shape index (κ1) is 22.9. The summed E-state index contributed by atoms with van der Waals surface area (Å²) in [6, 6.07) is 12.1. The van der Waals surface area contributed by atoms with Crippen molar-refractivity contribution in [1.82, 2.24) is 10.6 Å². The van der Waals surface area contributed by atoms with E-state index in [1.807, 2.05) is 30.3 Å². The first-order valence-corrected chi connectivity index (χ1v) is 10.4. The highest BCUT2D eigenvalue weighted by molar-refractivity contribution is 6.00. The third-order valence-corrected chi connectivity index (χ3v) is 5.19. The summed E-state index contributed by atoms with van der Waals surface area (Å²) in [5.74, 6) is -0.0582. The molecule has 0 saturated carbocycles. The maximum absolute atomic E-state index is 12.7. The van der Waals surface area contributed by atoms with Gasteiger partial charge in [0.1, 0.15) is 12.3 Å². The van der Waals surface area contributed by atoms with Crippen LogP contribution in [0.25, 0.3) is 0 Å². The van der Waals surface area contributed by atoms with Crippen LogP contribution in [0, 0.1) is 0 Å². The standard InChI is InChI=1S/C23H28N4O5/c1-31-18-8-5-16(6-9-18)14-24-22(29)17-7-10-20(27-11-3-4-12-27)19(13-17)26-23(30)25-15-21(28)32-2/h5-10,13H,3-4,11-12,14-15H2,1-2H3,(H,24,29)(H2,25,26,30). The van der Waals surface area contributed by atoms with E-state index in [1.165, 1.54) is 7.11 Å². The predicted molar refractivity (Wildman–Crippen MR) is 121 cm³/mol.